The van der Waals surface area contributed by atoms with Gasteiger partial charge in [-0.3, -0.25) is 0 Å². The number of aryl methyl sites for hydroxylation is 2. The van der Waals surface area contributed by atoms with E-state index in [2.05, 4.69) is 21.2 Å². The first-order valence-electron chi connectivity index (χ1n) is 10.8. The molecule has 0 saturated heterocycles. The maximum absolute atomic E-state index is 9.73. The van der Waals surface area contributed by atoms with Crippen molar-refractivity contribution in [2.45, 2.75) is 45.8 Å². The van der Waals surface area contributed by atoms with Crippen molar-refractivity contribution in [2.75, 3.05) is 0 Å². The standard InChI is InChI=1S/C26H27N5O2/c1-17-8-6-7-9-20(17)21-12-18(10-11-19(21)13-27)24(22-14-28-16-31(22)5)32-15-23-29-25(33-30-23)26(2,3)4/h6-12,14,16,24H,15H2,1-5H3. The van der Waals surface area contributed by atoms with E-state index < -0.39 is 6.10 Å². The molecule has 4 aromatic rings. The Morgan fingerprint density at radius 1 is 1.15 bits per heavy atom. The summed E-state index contributed by atoms with van der Waals surface area (Å²) in [5, 5.41) is 13.8. The zero-order valence-electron chi connectivity index (χ0n) is 19.5. The number of imidazole rings is 1. The van der Waals surface area contributed by atoms with Crippen molar-refractivity contribution in [3.8, 4) is 17.2 Å². The number of rotatable bonds is 6. The van der Waals surface area contributed by atoms with E-state index in [1.165, 1.54) is 0 Å². The molecule has 0 aliphatic rings. The second kappa shape index (κ2) is 9.00. The molecule has 0 fully saturated rings. The van der Waals surface area contributed by atoms with Crippen LogP contribution in [0.25, 0.3) is 11.1 Å². The number of hydrogen-bond donors (Lipinski definition) is 0. The van der Waals surface area contributed by atoms with Gasteiger partial charge in [-0.05, 0) is 35.7 Å². The monoisotopic (exact) mass is 441 g/mol. The first-order valence-corrected chi connectivity index (χ1v) is 10.8. The predicted octanol–water partition coefficient (Wildman–Crippen LogP) is 5.25. The summed E-state index contributed by atoms with van der Waals surface area (Å²) in [6.07, 6.45) is 3.10. The van der Waals surface area contributed by atoms with Gasteiger partial charge in [0.2, 0.25) is 5.89 Å². The average molecular weight is 442 g/mol. The van der Waals surface area contributed by atoms with Crippen LogP contribution in [0.15, 0.2) is 59.5 Å². The van der Waals surface area contributed by atoms with Gasteiger partial charge in [-0.25, -0.2) is 4.98 Å². The van der Waals surface area contributed by atoms with Crippen LogP contribution in [0.4, 0.5) is 0 Å². The van der Waals surface area contributed by atoms with Crippen molar-refractivity contribution in [3.63, 3.8) is 0 Å². The predicted molar refractivity (Wildman–Crippen MR) is 124 cm³/mol. The van der Waals surface area contributed by atoms with Crippen LogP contribution >= 0.6 is 0 Å². The molecule has 7 heteroatoms. The third-order valence-electron chi connectivity index (χ3n) is 5.51. The third kappa shape index (κ3) is 4.71. The average Bonchev–Trinajstić information content (AvgIpc) is 3.44. The number of benzene rings is 2. The molecule has 33 heavy (non-hydrogen) atoms. The first-order chi connectivity index (χ1) is 15.8. The van der Waals surface area contributed by atoms with E-state index in [0.29, 0.717) is 17.3 Å². The lowest BCUT2D eigenvalue weighted by Crippen LogP contribution is -2.13. The highest BCUT2D eigenvalue weighted by molar-refractivity contribution is 5.74. The summed E-state index contributed by atoms with van der Waals surface area (Å²) in [5.74, 6) is 1.05. The largest absolute Gasteiger partial charge is 0.359 e. The minimum absolute atomic E-state index is 0.176. The van der Waals surface area contributed by atoms with E-state index in [0.717, 1.165) is 27.9 Å². The smallest absolute Gasteiger partial charge is 0.232 e. The van der Waals surface area contributed by atoms with Gasteiger partial charge in [0.1, 0.15) is 12.7 Å². The highest BCUT2D eigenvalue weighted by Gasteiger charge is 2.24. The maximum atomic E-state index is 9.73. The molecule has 0 saturated carbocycles. The fraction of sp³-hybridized carbons (Fsp3) is 0.308. The van der Waals surface area contributed by atoms with Gasteiger partial charge in [-0.2, -0.15) is 10.2 Å². The Kier molecular flexibility index (Phi) is 6.12. The van der Waals surface area contributed by atoms with E-state index >= 15 is 0 Å². The molecule has 1 unspecified atom stereocenters. The van der Waals surface area contributed by atoms with E-state index in [1.807, 2.05) is 81.8 Å². The fourth-order valence-corrected chi connectivity index (χ4v) is 3.67. The summed E-state index contributed by atoms with van der Waals surface area (Å²) in [6, 6.07) is 16.2. The number of aromatic nitrogens is 4. The molecule has 4 rings (SSSR count). The Labute approximate surface area is 193 Å². The normalized spacial score (nSPS) is 12.5. The number of hydrogen-bond acceptors (Lipinski definition) is 6. The molecule has 0 aliphatic carbocycles. The van der Waals surface area contributed by atoms with Gasteiger partial charge < -0.3 is 13.8 Å². The summed E-state index contributed by atoms with van der Waals surface area (Å²) >= 11 is 0. The van der Waals surface area contributed by atoms with Gasteiger partial charge >= 0.3 is 0 Å². The Morgan fingerprint density at radius 2 is 1.94 bits per heavy atom. The molecule has 0 bridgehead atoms. The Balaban J connectivity index is 1.72. The van der Waals surface area contributed by atoms with Crippen molar-refractivity contribution in [3.05, 3.63) is 89.1 Å². The lowest BCUT2D eigenvalue weighted by Gasteiger charge is -2.20. The van der Waals surface area contributed by atoms with E-state index in [4.69, 9.17) is 9.26 Å². The van der Waals surface area contributed by atoms with Crippen molar-refractivity contribution >= 4 is 0 Å². The van der Waals surface area contributed by atoms with Crippen LogP contribution in [0.2, 0.25) is 0 Å². The minimum atomic E-state index is -0.426. The van der Waals surface area contributed by atoms with Crippen LogP contribution in [-0.4, -0.2) is 19.7 Å². The second-order valence-corrected chi connectivity index (χ2v) is 9.12. The lowest BCUT2D eigenvalue weighted by atomic mass is 9.93. The molecule has 1 atom stereocenters. The highest BCUT2D eigenvalue weighted by atomic mass is 16.5. The molecule has 0 N–H and O–H groups in total. The summed E-state index contributed by atoms with van der Waals surface area (Å²) in [7, 11) is 1.93. The maximum Gasteiger partial charge on any atom is 0.232 e. The van der Waals surface area contributed by atoms with Gasteiger partial charge in [-0.1, -0.05) is 56.3 Å². The zero-order chi connectivity index (χ0) is 23.6. The van der Waals surface area contributed by atoms with E-state index in [-0.39, 0.29) is 12.0 Å². The minimum Gasteiger partial charge on any atom is -0.359 e. The molecular formula is C26H27N5O2. The van der Waals surface area contributed by atoms with Gasteiger partial charge in [-0.15, -0.1) is 0 Å². The fourth-order valence-electron chi connectivity index (χ4n) is 3.67. The Bertz CT molecular complexity index is 1310. The lowest BCUT2D eigenvalue weighted by molar-refractivity contribution is 0.0566. The molecule has 0 spiro atoms. The summed E-state index contributed by atoms with van der Waals surface area (Å²) < 4.78 is 13.7. The van der Waals surface area contributed by atoms with E-state index in [1.54, 1.807) is 12.5 Å². The SMILES string of the molecule is Cc1ccccc1-c1cc(C(OCc2noc(C(C)(C)C)n2)c2cncn2C)ccc1C#N. The molecule has 0 radical (unpaired) electrons. The van der Waals surface area contributed by atoms with Crippen LogP contribution in [0.3, 0.4) is 0 Å². The Hall–Kier alpha value is -3.76. The molecule has 0 aliphatic heterocycles. The molecule has 168 valence electrons. The second-order valence-electron chi connectivity index (χ2n) is 9.12. The molecule has 7 nitrogen and oxygen atoms in total. The van der Waals surface area contributed by atoms with E-state index in [9.17, 15) is 5.26 Å². The number of ether oxygens (including phenoxy) is 1. The van der Waals surface area contributed by atoms with Crippen LogP contribution < -0.4 is 0 Å². The van der Waals surface area contributed by atoms with Gasteiger partial charge in [0.05, 0.1) is 29.9 Å². The van der Waals surface area contributed by atoms with Crippen LogP contribution in [0.5, 0.6) is 0 Å². The highest BCUT2D eigenvalue weighted by Crippen LogP contribution is 2.33. The van der Waals surface area contributed by atoms with Crippen molar-refractivity contribution < 1.29 is 9.26 Å². The van der Waals surface area contributed by atoms with Gasteiger partial charge in [0.25, 0.3) is 0 Å². The molecule has 2 heterocycles. The van der Waals surface area contributed by atoms with Crippen molar-refractivity contribution in [2.24, 2.45) is 7.05 Å². The molecule has 2 aromatic heterocycles. The number of nitrogens with zero attached hydrogens (tertiary/aromatic N) is 5. The zero-order valence-corrected chi connectivity index (χ0v) is 19.5. The van der Waals surface area contributed by atoms with Crippen LogP contribution in [0, 0.1) is 18.3 Å². The quantitative estimate of drug-likeness (QED) is 0.406. The van der Waals surface area contributed by atoms with Crippen LogP contribution in [-0.2, 0) is 23.8 Å². The summed E-state index contributed by atoms with van der Waals surface area (Å²) in [5.41, 5.74) is 5.18. The van der Waals surface area contributed by atoms with Gasteiger partial charge in [0, 0.05) is 18.0 Å². The molecular weight excluding hydrogens is 414 g/mol. The van der Waals surface area contributed by atoms with Crippen molar-refractivity contribution in [1.82, 2.24) is 19.7 Å². The molecule has 0 amide bonds. The summed E-state index contributed by atoms with van der Waals surface area (Å²) in [6.45, 7) is 8.28. The van der Waals surface area contributed by atoms with Gasteiger partial charge in [0.15, 0.2) is 5.82 Å². The topological polar surface area (TPSA) is 89.8 Å². The van der Waals surface area contributed by atoms with Crippen molar-refractivity contribution in [1.29, 1.82) is 5.26 Å². The van der Waals surface area contributed by atoms with Crippen LogP contribution in [0.1, 0.15) is 61.0 Å². The molecule has 2 aromatic carbocycles. The first kappa shape index (κ1) is 22.4. The summed E-state index contributed by atoms with van der Waals surface area (Å²) in [4.78, 5) is 8.76. The number of nitriles is 1. The Morgan fingerprint density at radius 3 is 2.58 bits per heavy atom. The third-order valence-corrected chi connectivity index (χ3v) is 5.51.